The van der Waals surface area contributed by atoms with E-state index in [-0.39, 0.29) is 41.7 Å². The second-order valence-electron chi connectivity index (χ2n) is 13.4. The number of hydrogen-bond donors (Lipinski definition) is 1. The predicted molar refractivity (Wildman–Crippen MR) is 184 cm³/mol. The zero-order valence-corrected chi connectivity index (χ0v) is 28.9. The van der Waals surface area contributed by atoms with Crippen LogP contribution in [0.25, 0.3) is 16.7 Å². The van der Waals surface area contributed by atoms with Crippen molar-refractivity contribution in [3.63, 3.8) is 0 Å². The van der Waals surface area contributed by atoms with Crippen LogP contribution in [0.5, 0.6) is 5.75 Å². The van der Waals surface area contributed by atoms with Crippen LogP contribution in [0.3, 0.4) is 0 Å². The van der Waals surface area contributed by atoms with Gasteiger partial charge in [-0.05, 0) is 82.3 Å². The summed E-state index contributed by atoms with van der Waals surface area (Å²) >= 11 is 0. The summed E-state index contributed by atoms with van der Waals surface area (Å²) in [5.74, 6) is 2.21. The summed E-state index contributed by atoms with van der Waals surface area (Å²) in [4.78, 5) is 39.6. The Labute approximate surface area is 283 Å². The van der Waals surface area contributed by atoms with E-state index in [1.54, 1.807) is 6.20 Å². The monoisotopic (exact) mass is 680 g/mol. The van der Waals surface area contributed by atoms with Crippen LogP contribution in [0.1, 0.15) is 64.7 Å². The first-order valence-corrected chi connectivity index (χ1v) is 19.5. The number of anilines is 1. The molecule has 2 saturated heterocycles. The van der Waals surface area contributed by atoms with Gasteiger partial charge in [-0.1, -0.05) is 13.0 Å². The molecule has 13 heteroatoms. The first kappa shape index (κ1) is 34.2. The van der Waals surface area contributed by atoms with Crippen molar-refractivity contribution >= 4 is 38.6 Å². The summed E-state index contributed by atoms with van der Waals surface area (Å²) in [7, 11) is -3.02. The summed E-state index contributed by atoms with van der Waals surface area (Å²) in [5.41, 5.74) is 0.929. The summed E-state index contributed by atoms with van der Waals surface area (Å²) in [5, 5.41) is 4.42. The van der Waals surface area contributed by atoms with Crippen molar-refractivity contribution in [1.29, 1.82) is 0 Å². The lowest BCUT2D eigenvalue weighted by Gasteiger charge is -2.36. The third-order valence-electron chi connectivity index (χ3n) is 9.99. The molecule has 1 aromatic carbocycles. The van der Waals surface area contributed by atoms with Crippen molar-refractivity contribution in [2.45, 2.75) is 82.9 Å². The van der Waals surface area contributed by atoms with Gasteiger partial charge in [-0.25, -0.2) is 13.4 Å². The molecule has 0 unspecified atom stereocenters. The van der Waals surface area contributed by atoms with E-state index in [4.69, 9.17) is 14.5 Å². The topological polar surface area (TPSA) is 136 Å². The number of likely N-dealkylation sites (N-methyl/N-ethyl adjacent to an activating group) is 1. The third kappa shape index (κ3) is 8.28. The Morgan fingerprint density at radius 3 is 2.54 bits per heavy atom. The Balaban J connectivity index is 0.975. The Bertz CT molecular complexity index is 1680. The normalized spacial score (nSPS) is 22.5. The van der Waals surface area contributed by atoms with Gasteiger partial charge in [-0.2, -0.15) is 4.98 Å². The number of carbonyl (C=O) groups excluding carboxylic acids is 2. The highest BCUT2D eigenvalue weighted by molar-refractivity contribution is 7.90. The molecule has 1 atom stereocenters. The first-order chi connectivity index (χ1) is 23.2. The van der Waals surface area contributed by atoms with E-state index >= 15 is 0 Å². The standard InChI is InChI=1S/C35H48N6O6S/c1-3-39-19-5-8-30(39)34(43)47-27-15-20-40(21-16-27)33(42)25-10-12-26(13-11-25)37-35-36-18-14-32(38-35)41-22-17-28-29(41)7-4-9-31(28)46-23-6-24-48(2,44)45/h4,7,9,14,17-18,22,25-27,30H,3,5-6,8,10-13,15-16,19-21,23-24H2,1-2H3,(H,36,37,38)/t25-,26-,30-/m0/s1. The van der Waals surface area contributed by atoms with Crippen LogP contribution < -0.4 is 10.1 Å². The van der Waals surface area contributed by atoms with Crippen LogP contribution in [0.2, 0.25) is 0 Å². The fourth-order valence-corrected chi connectivity index (χ4v) is 8.00. The number of esters is 1. The number of ether oxygens (including phenoxy) is 2. The van der Waals surface area contributed by atoms with Gasteiger partial charge in [0, 0.05) is 61.9 Å². The van der Waals surface area contributed by atoms with Gasteiger partial charge in [0.05, 0.1) is 17.9 Å². The number of likely N-dealkylation sites (tertiary alicyclic amines) is 2. The number of aromatic nitrogens is 3. The van der Waals surface area contributed by atoms with Crippen molar-refractivity contribution < 1.29 is 27.5 Å². The molecular formula is C35H48N6O6S. The first-order valence-electron chi connectivity index (χ1n) is 17.4. The van der Waals surface area contributed by atoms with Crippen molar-refractivity contribution in [3.05, 3.63) is 42.7 Å². The van der Waals surface area contributed by atoms with E-state index in [0.29, 0.717) is 50.7 Å². The Kier molecular flexibility index (Phi) is 10.8. The highest BCUT2D eigenvalue weighted by atomic mass is 32.2. The molecule has 3 aliphatic rings. The molecule has 6 rings (SSSR count). The van der Waals surface area contributed by atoms with Gasteiger partial charge in [0.15, 0.2) is 0 Å². The van der Waals surface area contributed by atoms with Crippen LogP contribution in [0.15, 0.2) is 42.7 Å². The van der Waals surface area contributed by atoms with Crippen LogP contribution in [0, 0.1) is 5.92 Å². The number of nitrogens with one attached hydrogen (secondary N) is 1. The molecule has 260 valence electrons. The highest BCUT2D eigenvalue weighted by Gasteiger charge is 2.35. The molecule has 2 aromatic heterocycles. The zero-order valence-electron chi connectivity index (χ0n) is 28.1. The Morgan fingerprint density at radius 1 is 1.00 bits per heavy atom. The maximum absolute atomic E-state index is 13.4. The minimum Gasteiger partial charge on any atom is -0.493 e. The molecule has 4 heterocycles. The molecule has 1 saturated carbocycles. The van der Waals surface area contributed by atoms with E-state index in [1.807, 2.05) is 46.0 Å². The van der Waals surface area contributed by atoms with E-state index in [0.717, 1.165) is 68.3 Å². The van der Waals surface area contributed by atoms with Gasteiger partial charge in [-0.3, -0.25) is 14.5 Å². The summed E-state index contributed by atoms with van der Waals surface area (Å²) in [6.07, 6.45) is 11.9. The van der Waals surface area contributed by atoms with Crippen LogP contribution in [-0.2, 0) is 24.2 Å². The predicted octanol–water partition coefficient (Wildman–Crippen LogP) is 4.22. The maximum atomic E-state index is 13.4. The second-order valence-corrected chi connectivity index (χ2v) is 15.6. The molecular weight excluding hydrogens is 632 g/mol. The van der Waals surface area contributed by atoms with Crippen molar-refractivity contribution in [1.82, 2.24) is 24.3 Å². The molecule has 48 heavy (non-hydrogen) atoms. The average Bonchev–Trinajstić information content (AvgIpc) is 3.75. The number of carbonyl (C=O) groups is 2. The van der Waals surface area contributed by atoms with E-state index in [1.165, 1.54) is 6.26 Å². The number of piperidine rings is 1. The summed E-state index contributed by atoms with van der Waals surface area (Å²) in [6, 6.07) is 9.70. The highest BCUT2D eigenvalue weighted by Crippen LogP contribution is 2.31. The SMILES string of the molecule is CCN1CCC[C@H]1C(=O)OC1CCN(C(=O)[C@H]2CC[C@H](Nc3nccc(-n4ccc5c(OCCCS(C)(=O)=O)cccc54)n3)CC2)CC1. The lowest BCUT2D eigenvalue weighted by molar-refractivity contribution is -0.157. The number of sulfone groups is 1. The molecule has 1 aliphatic carbocycles. The average molecular weight is 681 g/mol. The molecule has 3 fully saturated rings. The lowest BCUT2D eigenvalue weighted by atomic mass is 9.85. The van der Waals surface area contributed by atoms with Crippen LogP contribution in [-0.4, -0.2) is 108 Å². The number of amides is 1. The number of benzene rings is 1. The van der Waals surface area contributed by atoms with Crippen molar-refractivity contribution in [2.75, 3.05) is 50.1 Å². The van der Waals surface area contributed by atoms with E-state index < -0.39 is 9.84 Å². The van der Waals surface area contributed by atoms with Crippen LogP contribution in [0.4, 0.5) is 5.95 Å². The number of fused-ring (bicyclic) bond motifs is 1. The van der Waals surface area contributed by atoms with Gasteiger partial charge in [0.2, 0.25) is 11.9 Å². The molecule has 3 aromatic rings. The minimum absolute atomic E-state index is 0.0139. The second kappa shape index (κ2) is 15.2. The van der Waals surface area contributed by atoms with Gasteiger partial charge in [0.25, 0.3) is 0 Å². The van der Waals surface area contributed by atoms with Gasteiger partial charge < -0.3 is 24.3 Å². The van der Waals surface area contributed by atoms with E-state index in [2.05, 4.69) is 22.1 Å². The summed E-state index contributed by atoms with van der Waals surface area (Å²) in [6.45, 7) is 5.52. The van der Waals surface area contributed by atoms with E-state index in [9.17, 15) is 18.0 Å². The Hall–Kier alpha value is -3.71. The maximum Gasteiger partial charge on any atom is 0.323 e. The zero-order chi connectivity index (χ0) is 33.7. The lowest BCUT2D eigenvalue weighted by Crippen LogP contribution is -2.46. The molecule has 0 bridgehead atoms. The minimum atomic E-state index is -3.02. The van der Waals surface area contributed by atoms with Crippen LogP contribution >= 0.6 is 0 Å². The summed E-state index contributed by atoms with van der Waals surface area (Å²) < 4.78 is 36.7. The number of hydrogen-bond acceptors (Lipinski definition) is 10. The van der Waals surface area contributed by atoms with Gasteiger partial charge in [-0.15, -0.1) is 0 Å². The number of rotatable bonds is 12. The van der Waals surface area contributed by atoms with Gasteiger partial charge in [0.1, 0.15) is 33.6 Å². The molecule has 1 N–H and O–H groups in total. The fraction of sp³-hybridized carbons (Fsp3) is 0.600. The molecule has 0 radical (unpaired) electrons. The number of nitrogens with zero attached hydrogens (tertiary/aromatic N) is 5. The van der Waals surface area contributed by atoms with Crippen molar-refractivity contribution in [3.8, 4) is 11.6 Å². The van der Waals surface area contributed by atoms with Gasteiger partial charge >= 0.3 is 5.97 Å². The smallest absolute Gasteiger partial charge is 0.323 e. The molecule has 12 nitrogen and oxygen atoms in total. The quantitative estimate of drug-likeness (QED) is 0.219. The van der Waals surface area contributed by atoms with Crippen molar-refractivity contribution in [2.24, 2.45) is 5.92 Å². The fourth-order valence-electron chi connectivity index (χ4n) is 7.36. The third-order valence-corrected chi connectivity index (χ3v) is 11.0. The largest absolute Gasteiger partial charge is 0.493 e. The molecule has 2 aliphatic heterocycles. The molecule has 1 amide bonds. The molecule has 0 spiro atoms. The Morgan fingerprint density at radius 2 is 1.79 bits per heavy atom.